The van der Waals surface area contributed by atoms with E-state index >= 15 is 0 Å². The molecule has 0 fully saturated rings. The third kappa shape index (κ3) is 10.5. The number of ether oxygens (including phenoxy) is 2. The van der Waals surface area contributed by atoms with E-state index in [1.807, 2.05) is 66.7 Å². The number of amides is 3. The quantitative estimate of drug-likeness (QED) is 0.173. The van der Waals surface area contributed by atoms with Crippen molar-refractivity contribution in [2.45, 2.75) is 51.7 Å². The molecule has 0 aromatic heterocycles. The molecule has 45 heavy (non-hydrogen) atoms. The molecule has 0 heterocycles. The van der Waals surface area contributed by atoms with Crippen LogP contribution in [0, 0.1) is 0 Å². The van der Waals surface area contributed by atoms with Gasteiger partial charge in [-0.2, -0.15) is 0 Å². The van der Waals surface area contributed by atoms with E-state index < -0.39 is 35.8 Å². The molecule has 4 aromatic rings. The fraction of sp³-hybridized carbons (Fsp3) is 0.250. The molecule has 0 radical (unpaired) electrons. The van der Waals surface area contributed by atoms with Crippen LogP contribution < -0.4 is 10.6 Å². The van der Waals surface area contributed by atoms with Gasteiger partial charge in [-0.3, -0.25) is 4.79 Å². The minimum Gasteiger partial charge on any atom is -0.445 e. The van der Waals surface area contributed by atoms with Crippen LogP contribution in [0.3, 0.4) is 0 Å². The highest BCUT2D eigenvalue weighted by Gasteiger charge is 2.26. The Bertz CT molecular complexity index is 1540. The zero-order valence-corrected chi connectivity index (χ0v) is 25.7. The van der Waals surface area contributed by atoms with E-state index in [4.69, 9.17) is 9.47 Å². The average Bonchev–Trinajstić information content (AvgIpc) is 3.03. The highest BCUT2D eigenvalue weighted by Crippen LogP contribution is 2.23. The monoisotopic (exact) mass is 609 g/mol. The Morgan fingerprint density at radius 2 is 1.36 bits per heavy atom. The van der Waals surface area contributed by atoms with Crippen LogP contribution in [-0.4, -0.2) is 40.2 Å². The van der Waals surface area contributed by atoms with Gasteiger partial charge in [0.25, 0.3) is 5.91 Å². The fourth-order valence-corrected chi connectivity index (χ4v) is 4.51. The van der Waals surface area contributed by atoms with Crippen molar-refractivity contribution in [3.05, 3.63) is 138 Å². The van der Waals surface area contributed by atoms with Crippen molar-refractivity contribution in [3.8, 4) is 0 Å². The van der Waals surface area contributed by atoms with Crippen molar-refractivity contribution in [1.29, 1.82) is 0 Å². The van der Waals surface area contributed by atoms with Crippen LogP contribution in [0.15, 0.2) is 115 Å². The number of benzene rings is 4. The number of aliphatic hydroxyl groups excluding tert-OH is 1. The Labute approximate surface area is 263 Å². The molecule has 0 bridgehead atoms. The number of nitrogens with one attached hydrogen (secondary N) is 2. The molecule has 4 aromatic carbocycles. The first-order valence-electron chi connectivity index (χ1n) is 14.7. The lowest BCUT2D eigenvalue weighted by molar-refractivity contribution is -0.118. The number of carbonyl (C=O) groups excluding carboxylic acids is 3. The SMILES string of the molecule is CC(C)(C)OC(=O)N(Cc1ccccc1)C[C@@H](O)c1cccc(NC(=O)[C@H](NC(=O)OCc2ccccc2)c2ccccc2)c1. The van der Waals surface area contributed by atoms with E-state index in [1.165, 1.54) is 4.90 Å². The molecule has 234 valence electrons. The average molecular weight is 610 g/mol. The number of aliphatic hydroxyl groups is 1. The Morgan fingerprint density at radius 3 is 1.98 bits per heavy atom. The van der Waals surface area contributed by atoms with Gasteiger partial charge < -0.3 is 30.1 Å². The first kappa shape index (κ1) is 32.8. The molecule has 9 nitrogen and oxygen atoms in total. The third-order valence-corrected chi connectivity index (χ3v) is 6.67. The highest BCUT2D eigenvalue weighted by atomic mass is 16.6. The second-order valence-corrected chi connectivity index (χ2v) is 11.5. The number of nitrogens with zero attached hydrogens (tertiary/aromatic N) is 1. The van der Waals surface area contributed by atoms with Crippen molar-refractivity contribution in [2.75, 3.05) is 11.9 Å². The molecular weight excluding hydrogens is 570 g/mol. The van der Waals surface area contributed by atoms with E-state index in [9.17, 15) is 19.5 Å². The number of anilines is 1. The summed E-state index contributed by atoms with van der Waals surface area (Å²) in [5.41, 5.74) is 2.45. The minimum atomic E-state index is -1.07. The Balaban J connectivity index is 1.46. The standard InChI is InChI=1S/C36H39N3O6/c1-36(2,3)45-35(43)39(23-26-14-7-4-8-15-26)24-31(40)29-20-13-21-30(22-29)37-33(41)32(28-18-11-6-12-19-28)38-34(42)44-25-27-16-9-5-10-17-27/h4-22,31-32,40H,23-25H2,1-3H3,(H,37,41)(H,38,42)/t31-,32-/m1/s1. The minimum absolute atomic E-state index is 0.0390. The van der Waals surface area contributed by atoms with Crippen LogP contribution in [0.4, 0.5) is 15.3 Å². The summed E-state index contributed by atoms with van der Waals surface area (Å²) in [4.78, 5) is 40.7. The number of rotatable bonds is 11. The number of alkyl carbamates (subject to hydrolysis) is 1. The molecule has 3 amide bonds. The summed E-state index contributed by atoms with van der Waals surface area (Å²) < 4.78 is 11.0. The lowest BCUT2D eigenvalue weighted by Crippen LogP contribution is -2.38. The highest BCUT2D eigenvalue weighted by molar-refractivity contribution is 5.97. The summed E-state index contributed by atoms with van der Waals surface area (Å²) >= 11 is 0. The largest absolute Gasteiger partial charge is 0.445 e. The van der Waals surface area contributed by atoms with Gasteiger partial charge >= 0.3 is 12.2 Å². The lowest BCUT2D eigenvalue weighted by atomic mass is 10.1. The summed E-state index contributed by atoms with van der Waals surface area (Å²) in [5, 5.41) is 16.7. The Morgan fingerprint density at radius 1 is 0.778 bits per heavy atom. The summed E-state index contributed by atoms with van der Waals surface area (Å²) in [5.74, 6) is -0.496. The van der Waals surface area contributed by atoms with Gasteiger partial charge in [0.05, 0.1) is 12.6 Å². The molecule has 4 rings (SSSR count). The van der Waals surface area contributed by atoms with Gasteiger partial charge in [0.1, 0.15) is 18.2 Å². The van der Waals surface area contributed by atoms with Crippen molar-refractivity contribution < 1.29 is 29.0 Å². The van der Waals surface area contributed by atoms with Crippen molar-refractivity contribution in [3.63, 3.8) is 0 Å². The molecule has 0 aliphatic carbocycles. The second-order valence-electron chi connectivity index (χ2n) is 11.5. The molecule has 0 saturated heterocycles. The van der Waals surface area contributed by atoms with E-state index in [-0.39, 0.29) is 19.7 Å². The zero-order valence-electron chi connectivity index (χ0n) is 25.7. The van der Waals surface area contributed by atoms with E-state index in [2.05, 4.69) is 10.6 Å². The van der Waals surface area contributed by atoms with Crippen molar-refractivity contribution in [2.24, 2.45) is 0 Å². The van der Waals surface area contributed by atoms with E-state index in [0.29, 0.717) is 16.8 Å². The topological polar surface area (TPSA) is 117 Å². The molecule has 2 atom stereocenters. The van der Waals surface area contributed by atoms with E-state index in [0.717, 1.165) is 11.1 Å². The second kappa shape index (κ2) is 15.5. The maximum atomic E-state index is 13.5. The molecule has 0 spiro atoms. The maximum Gasteiger partial charge on any atom is 0.410 e. The fourth-order valence-electron chi connectivity index (χ4n) is 4.51. The third-order valence-electron chi connectivity index (χ3n) is 6.67. The predicted octanol–water partition coefficient (Wildman–Crippen LogP) is 6.76. The smallest absolute Gasteiger partial charge is 0.410 e. The predicted molar refractivity (Wildman–Crippen MR) is 172 cm³/mol. The van der Waals surface area contributed by atoms with Crippen molar-refractivity contribution in [1.82, 2.24) is 10.2 Å². The summed E-state index contributed by atoms with van der Waals surface area (Å²) in [6.07, 6.45) is -2.37. The van der Waals surface area contributed by atoms with E-state index in [1.54, 1.807) is 69.3 Å². The lowest BCUT2D eigenvalue weighted by Gasteiger charge is -2.29. The zero-order chi connectivity index (χ0) is 32.2. The van der Waals surface area contributed by atoms with Crippen LogP contribution in [-0.2, 0) is 27.4 Å². The molecule has 0 aliphatic rings. The van der Waals surface area contributed by atoms with Gasteiger partial charge in [-0.15, -0.1) is 0 Å². The summed E-state index contributed by atoms with van der Waals surface area (Å²) in [6, 6.07) is 33.2. The van der Waals surface area contributed by atoms with Crippen LogP contribution in [0.2, 0.25) is 0 Å². The van der Waals surface area contributed by atoms with Crippen molar-refractivity contribution >= 4 is 23.8 Å². The van der Waals surface area contributed by atoms with Gasteiger partial charge in [0.2, 0.25) is 0 Å². The van der Waals surface area contributed by atoms with Gasteiger partial charge in [-0.05, 0) is 55.2 Å². The van der Waals surface area contributed by atoms with Crippen LogP contribution in [0.1, 0.15) is 55.2 Å². The molecule has 0 aliphatic heterocycles. The normalized spacial score (nSPS) is 12.4. The first-order chi connectivity index (χ1) is 21.6. The summed E-state index contributed by atoms with van der Waals surface area (Å²) in [7, 11) is 0. The van der Waals surface area contributed by atoms with Gasteiger partial charge in [-0.25, -0.2) is 9.59 Å². The first-order valence-corrected chi connectivity index (χ1v) is 14.7. The number of hydrogen-bond acceptors (Lipinski definition) is 6. The molecule has 3 N–H and O–H groups in total. The number of carbonyl (C=O) groups is 3. The molecule has 0 unspecified atom stereocenters. The number of hydrogen-bond donors (Lipinski definition) is 3. The Hall–Kier alpha value is -5.15. The molecule has 0 saturated carbocycles. The van der Waals surface area contributed by atoms with Gasteiger partial charge in [-0.1, -0.05) is 103 Å². The van der Waals surface area contributed by atoms with Crippen LogP contribution in [0.5, 0.6) is 0 Å². The summed E-state index contributed by atoms with van der Waals surface area (Å²) in [6.45, 7) is 5.62. The van der Waals surface area contributed by atoms with Crippen LogP contribution in [0.25, 0.3) is 0 Å². The van der Waals surface area contributed by atoms with Crippen LogP contribution >= 0.6 is 0 Å². The Kier molecular flexibility index (Phi) is 11.3. The molecule has 9 heteroatoms. The molecular formula is C36H39N3O6. The van der Waals surface area contributed by atoms with Gasteiger partial charge in [0.15, 0.2) is 0 Å². The van der Waals surface area contributed by atoms with Gasteiger partial charge in [0, 0.05) is 12.2 Å². The maximum absolute atomic E-state index is 13.5.